The molecule has 0 saturated carbocycles. The van der Waals surface area contributed by atoms with Gasteiger partial charge in [-0.15, -0.1) is 0 Å². The molecule has 1 atom stereocenters. The maximum Gasteiger partial charge on any atom is 0.295 e. The molecule has 5 rings (SSSR count). The first kappa shape index (κ1) is 22.1. The second-order valence-electron chi connectivity index (χ2n) is 8.00. The first-order valence-corrected chi connectivity index (χ1v) is 10.8. The number of aromatic nitrogens is 1. The highest BCUT2D eigenvalue weighted by Crippen LogP contribution is 2.42. The maximum atomic E-state index is 13.2. The molecule has 2 aliphatic rings. The smallest absolute Gasteiger partial charge is 0.295 e. The number of pyridine rings is 1. The van der Waals surface area contributed by atoms with Crippen molar-refractivity contribution in [2.75, 3.05) is 13.2 Å². The number of hydrogen-bond acceptors (Lipinski definition) is 8. The summed E-state index contributed by atoms with van der Waals surface area (Å²) in [5, 5.41) is 22.4. The van der Waals surface area contributed by atoms with E-state index in [0.29, 0.717) is 35.8 Å². The number of nitrogens with zero attached hydrogens (tertiary/aromatic N) is 3. The highest BCUT2D eigenvalue weighted by atomic mass is 16.6. The summed E-state index contributed by atoms with van der Waals surface area (Å²) in [6.07, 6.45) is 3.17. The van der Waals surface area contributed by atoms with Crippen LogP contribution in [0, 0.1) is 10.1 Å². The van der Waals surface area contributed by atoms with Crippen molar-refractivity contribution < 1.29 is 29.1 Å². The standard InChI is InChI=1S/C25H19N3O7/c29-23(17-5-8-19-20(12-17)35-11-10-34-19)21-22(16-3-6-18(7-4-16)28(32)33)27(25(31)24(21)30)14-15-2-1-9-26-13-15/h1-9,12-13,22,29H,10-11,14H2/b23-21-. The number of carbonyl (C=O) groups excluding carboxylic acids is 2. The number of rotatable bonds is 5. The number of likely N-dealkylation sites (tertiary alicyclic amines) is 1. The van der Waals surface area contributed by atoms with E-state index in [1.54, 1.807) is 42.7 Å². The number of Topliss-reactive ketones (excluding diaryl/α,β-unsaturated/α-hetero) is 1. The number of nitro groups is 1. The molecule has 1 saturated heterocycles. The van der Waals surface area contributed by atoms with Gasteiger partial charge in [0, 0.05) is 36.6 Å². The molecule has 10 heteroatoms. The van der Waals surface area contributed by atoms with Crippen molar-refractivity contribution in [2.24, 2.45) is 0 Å². The van der Waals surface area contributed by atoms with E-state index < -0.39 is 22.7 Å². The second-order valence-corrected chi connectivity index (χ2v) is 8.00. The summed E-state index contributed by atoms with van der Waals surface area (Å²) in [6.45, 7) is 0.797. The molecular formula is C25H19N3O7. The monoisotopic (exact) mass is 473 g/mol. The van der Waals surface area contributed by atoms with E-state index in [4.69, 9.17) is 9.47 Å². The van der Waals surface area contributed by atoms with Crippen LogP contribution in [0.4, 0.5) is 5.69 Å². The van der Waals surface area contributed by atoms with E-state index in [9.17, 15) is 24.8 Å². The van der Waals surface area contributed by atoms with Crippen LogP contribution in [0.2, 0.25) is 0 Å². The number of ether oxygens (including phenoxy) is 2. The number of carbonyl (C=O) groups is 2. The molecule has 1 amide bonds. The summed E-state index contributed by atoms with van der Waals surface area (Å²) in [5.74, 6) is -1.10. The van der Waals surface area contributed by atoms with Crippen LogP contribution in [0.15, 0.2) is 72.6 Å². The number of aliphatic hydroxyl groups excluding tert-OH is 1. The molecule has 0 radical (unpaired) electrons. The average Bonchev–Trinajstić information content (AvgIpc) is 3.13. The summed E-state index contributed by atoms with van der Waals surface area (Å²) in [6, 6.07) is 12.8. The molecule has 1 fully saturated rings. The normalized spacial score (nSPS) is 18.5. The Morgan fingerprint density at radius 3 is 2.51 bits per heavy atom. The van der Waals surface area contributed by atoms with E-state index in [2.05, 4.69) is 4.98 Å². The van der Waals surface area contributed by atoms with E-state index in [1.807, 2.05) is 0 Å². The van der Waals surface area contributed by atoms with Crippen LogP contribution in [0.1, 0.15) is 22.7 Å². The van der Waals surface area contributed by atoms with Gasteiger partial charge in [0.1, 0.15) is 19.0 Å². The number of hydrogen-bond donors (Lipinski definition) is 1. The topological polar surface area (TPSA) is 132 Å². The van der Waals surface area contributed by atoms with Crippen molar-refractivity contribution in [2.45, 2.75) is 12.6 Å². The maximum absolute atomic E-state index is 13.2. The molecule has 3 aromatic rings. The van der Waals surface area contributed by atoms with Crippen LogP contribution < -0.4 is 9.47 Å². The summed E-state index contributed by atoms with van der Waals surface area (Å²) in [7, 11) is 0. The van der Waals surface area contributed by atoms with Crippen molar-refractivity contribution in [1.82, 2.24) is 9.88 Å². The third-order valence-electron chi connectivity index (χ3n) is 5.85. The van der Waals surface area contributed by atoms with E-state index in [-0.39, 0.29) is 29.1 Å². The second kappa shape index (κ2) is 8.90. The Bertz CT molecular complexity index is 1350. The lowest BCUT2D eigenvalue weighted by atomic mass is 9.95. The number of aliphatic hydroxyl groups is 1. The molecule has 0 aliphatic carbocycles. The van der Waals surface area contributed by atoms with Gasteiger partial charge >= 0.3 is 0 Å². The summed E-state index contributed by atoms with van der Waals surface area (Å²) < 4.78 is 11.1. The Morgan fingerprint density at radius 2 is 1.83 bits per heavy atom. The Morgan fingerprint density at radius 1 is 1.09 bits per heavy atom. The molecule has 10 nitrogen and oxygen atoms in total. The van der Waals surface area contributed by atoms with Gasteiger partial charge in [0.25, 0.3) is 17.4 Å². The predicted octanol–water partition coefficient (Wildman–Crippen LogP) is 3.38. The van der Waals surface area contributed by atoms with Crippen molar-refractivity contribution >= 4 is 23.1 Å². The molecule has 0 spiro atoms. The number of non-ortho nitro benzene ring substituents is 1. The quantitative estimate of drug-likeness (QED) is 0.196. The summed E-state index contributed by atoms with van der Waals surface area (Å²) in [4.78, 5) is 42.3. The van der Waals surface area contributed by atoms with Crippen molar-refractivity contribution in [1.29, 1.82) is 0 Å². The van der Waals surface area contributed by atoms with Crippen LogP contribution in [-0.2, 0) is 16.1 Å². The van der Waals surface area contributed by atoms with Gasteiger partial charge < -0.3 is 19.5 Å². The molecule has 1 unspecified atom stereocenters. The van der Waals surface area contributed by atoms with Gasteiger partial charge in [-0.25, -0.2) is 0 Å². The van der Waals surface area contributed by atoms with Gasteiger partial charge in [-0.05, 0) is 47.5 Å². The van der Waals surface area contributed by atoms with Crippen LogP contribution >= 0.6 is 0 Å². The largest absolute Gasteiger partial charge is 0.507 e. The molecule has 3 heterocycles. The molecule has 176 valence electrons. The fourth-order valence-corrected chi connectivity index (χ4v) is 4.20. The minimum atomic E-state index is -0.968. The zero-order chi connectivity index (χ0) is 24.5. The van der Waals surface area contributed by atoms with Gasteiger partial charge in [0.15, 0.2) is 11.5 Å². The van der Waals surface area contributed by atoms with E-state index in [0.717, 1.165) is 0 Å². The van der Waals surface area contributed by atoms with Gasteiger partial charge in [0.05, 0.1) is 16.5 Å². The van der Waals surface area contributed by atoms with Crippen molar-refractivity contribution in [3.8, 4) is 11.5 Å². The van der Waals surface area contributed by atoms with Gasteiger partial charge in [0.2, 0.25) is 0 Å². The molecule has 2 aliphatic heterocycles. The summed E-state index contributed by atoms with van der Waals surface area (Å²) >= 11 is 0. The fraction of sp³-hybridized carbons (Fsp3) is 0.160. The van der Waals surface area contributed by atoms with Crippen molar-refractivity contribution in [3.05, 3.63) is 99.4 Å². The number of nitro benzene ring substituents is 1. The lowest BCUT2D eigenvalue weighted by Gasteiger charge is -2.25. The molecule has 35 heavy (non-hydrogen) atoms. The van der Waals surface area contributed by atoms with E-state index in [1.165, 1.54) is 29.2 Å². The highest BCUT2D eigenvalue weighted by Gasteiger charge is 2.46. The fourth-order valence-electron chi connectivity index (χ4n) is 4.20. The molecule has 1 aromatic heterocycles. The van der Waals surface area contributed by atoms with Crippen LogP contribution in [0.5, 0.6) is 11.5 Å². The molecule has 1 N–H and O–H groups in total. The number of fused-ring (bicyclic) bond motifs is 1. The lowest BCUT2D eigenvalue weighted by molar-refractivity contribution is -0.384. The predicted molar refractivity (Wildman–Crippen MR) is 123 cm³/mol. The van der Waals surface area contributed by atoms with Gasteiger partial charge in [-0.1, -0.05) is 6.07 Å². The third-order valence-corrected chi connectivity index (χ3v) is 5.85. The minimum Gasteiger partial charge on any atom is -0.507 e. The highest BCUT2D eigenvalue weighted by molar-refractivity contribution is 6.46. The Balaban J connectivity index is 1.63. The molecular weight excluding hydrogens is 454 g/mol. The van der Waals surface area contributed by atoms with Crippen molar-refractivity contribution in [3.63, 3.8) is 0 Å². The zero-order valence-corrected chi connectivity index (χ0v) is 18.3. The van der Waals surface area contributed by atoms with E-state index >= 15 is 0 Å². The van der Waals surface area contributed by atoms with Crippen LogP contribution in [0.25, 0.3) is 5.76 Å². The first-order valence-electron chi connectivity index (χ1n) is 10.8. The zero-order valence-electron chi connectivity index (χ0n) is 18.3. The van der Waals surface area contributed by atoms with Gasteiger partial charge in [-0.2, -0.15) is 0 Å². The Hall–Kier alpha value is -4.73. The average molecular weight is 473 g/mol. The van der Waals surface area contributed by atoms with Crippen LogP contribution in [-0.4, -0.2) is 44.8 Å². The first-order chi connectivity index (χ1) is 16.9. The Kier molecular flexibility index (Phi) is 5.61. The number of ketones is 1. The summed E-state index contributed by atoms with van der Waals surface area (Å²) in [5.41, 5.74) is 1.15. The number of amides is 1. The minimum absolute atomic E-state index is 0.0536. The van der Waals surface area contributed by atoms with Crippen LogP contribution in [0.3, 0.4) is 0 Å². The third kappa shape index (κ3) is 4.05. The van der Waals surface area contributed by atoms with Gasteiger partial charge in [-0.3, -0.25) is 24.7 Å². The number of benzene rings is 2. The molecule has 2 aromatic carbocycles. The molecule has 0 bridgehead atoms. The Labute approximate surface area is 199 Å². The SMILES string of the molecule is O=C1C(=O)N(Cc2cccnc2)C(c2ccc([N+](=O)[O-])cc2)/C1=C(/O)c1ccc2c(c1)OCCO2. The lowest BCUT2D eigenvalue weighted by Crippen LogP contribution is -2.29.